The molecule has 1 rings (SSSR count). The average molecular weight is 139 g/mol. The normalized spacial score (nSPS) is 5.71. The second-order valence-electron chi connectivity index (χ2n) is 0.962. The van der Waals surface area contributed by atoms with Gasteiger partial charge in [-0.25, -0.2) is 12.1 Å². The predicted molar refractivity (Wildman–Crippen MR) is 28.4 cm³/mol. The number of hydrogen-bond donors (Lipinski definition) is 0. The minimum absolute atomic E-state index is 0. The molecule has 0 N–H and O–H groups in total. The summed E-state index contributed by atoms with van der Waals surface area (Å²) in [5, 5.41) is 0. The molecule has 0 fully saturated rings. The minimum atomic E-state index is 0. The van der Waals surface area contributed by atoms with Crippen molar-refractivity contribution in [3.05, 3.63) is 37.8 Å². The van der Waals surface area contributed by atoms with Crippen LogP contribution in [0.25, 0.3) is 0 Å². The standard InChI is InChI=1S/C5H5.CH3.Co/c1-2-4-5-3-1;;/h1-5H;1H3;/q2*-1;+2. The molecule has 0 atom stereocenters. The Labute approximate surface area is 55.1 Å². The van der Waals surface area contributed by atoms with E-state index in [0.29, 0.717) is 0 Å². The summed E-state index contributed by atoms with van der Waals surface area (Å²) < 4.78 is 0. The fourth-order valence-corrected chi connectivity index (χ4v) is 0.321. The molecule has 0 unspecified atom stereocenters. The molecule has 0 aliphatic carbocycles. The third kappa shape index (κ3) is 3.69. The van der Waals surface area contributed by atoms with Gasteiger partial charge < -0.3 is 7.43 Å². The van der Waals surface area contributed by atoms with Gasteiger partial charge in [-0.05, 0) is 0 Å². The van der Waals surface area contributed by atoms with Crippen molar-refractivity contribution >= 4 is 0 Å². The second kappa shape index (κ2) is 5.86. The molecule has 1 heteroatoms. The molecule has 1 aromatic carbocycles. The Balaban J connectivity index is 0. The Kier molecular flexibility index (Phi) is 8.34. The van der Waals surface area contributed by atoms with E-state index in [2.05, 4.69) is 0 Å². The van der Waals surface area contributed by atoms with Gasteiger partial charge in [-0.15, -0.1) is 0 Å². The van der Waals surface area contributed by atoms with Crippen LogP contribution in [0.4, 0.5) is 0 Å². The summed E-state index contributed by atoms with van der Waals surface area (Å²) in [6.45, 7) is 0. The first-order chi connectivity index (χ1) is 2.50. The van der Waals surface area contributed by atoms with E-state index in [1.165, 1.54) is 0 Å². The van der Waals surface area contributed by atoms with Gasteiger partial charge in [0.1, 0.15) is 0 Å². The van der Waals surface area contributed by atoms with Crippen molar-refractivity contribution < 1.29 is 16.8 Å². The zero-order valence-electron chi connectivity index (χ0n) is 4.22. The van der Waals surface area contributed by atoms with Gasteiger partial charge in [-0.1, -0.05) is 0 Å². The van der Waals surface area contributed by atoms with Crippen molar-refractivity contribution in [2.75, 3.05) is 0 Å². The molecular weight excluding hydrogens is 131 g/mol. The van der Waals surface area contributed by atoms with E-state index in [9.17, 15) is 0 Å². The van der Waals surface area contributed by atoms with Crippen LogP contribution in [0.15, 0.2) is 30.3 Å². The molecule has 0 aromatic heterocycles. The summed E-state index contributed by atoms with van der Waals surface area (Å²) in [6, 6.07) is 10.0. The van der Waals surface area contributed by atoms with Gasteiger partial charge in [0.15, 0.2) is 0 Å². The van der Waals surface area contributed by atoms with Crippen molar-refractivity contribution in [2.24, 2.45) is 0 Å². The first kappa shape index (κ1) is 9.97. The average Bonchev–Trinajstić information content (AvgIpc) is 1.76. The fraction of sp³-hybridized carbons (Fsp3) is 0. The van der Waals surface area contributed by atoms with Crippen molar-refractivity contribution in [3.8, 4) is 0 Å². The maximum Gasteiger partial charge on any atom is 2.00 e. The largest absolute Gasteiger partial charge is 2.00 e. The van der Waals surface area contributed by atoms with Crippen LogP contribution in [0, 0.1) is 7.43 Å². The van der Waals surface area contributed by atoms with E-state index in [1.54, 1.807) is 0 Å². The molecule has 0 saturated heterocycles. The third-order valence-corrected chi connectivity index (χ3v) is 0.556. The Hall–Kier alpha value is -0.144. The van der Waals surface area contributed by atoms with Crippen LogP contribution in [0.5, 0.6) is 0 Å². The summed E-state index contributed by atoms with van der Waals surface area (Å²) >= 11 is 0. The SMILES string of the molecule is [CH3-].[Co+2].c1cc[cH-]c1. The molecule has 41 valence electrons. The molecule has 0 heterocycles. The topological polar surface area (TPSA) is 0 Å². The molecule has 0 nitrogen and oxygen atoms in total. The van der Waals surface area contributed by atoms with Gasteiger partial charge in [0.2, 0.25) is 0 Å². The van der Waals surface area contributed by atoms with Crippen LogP contribution in [-0.2, 0) is 16.8 Å². The van der Waals surface area contributed by atoms with Gasteiger partial charge in [0, 0.05) is 0 Å². The Bertz CT molecular complexity index is 60.7. The molecule has 0 amide bonds. The zero-order valence-corrected chi connectivity index (χ0v) is 5.26. The van der Waals surface area contributed by atoms with Crippen molar-refractivity contribution in [1.29, 1.82) is 0 Å². The Morgan fingerprint density at radius 2 is 1.43 bits per heavy atom. The molecule has 0 aliphatic rings. The zero-order chi connectivity index (χ0) is 3.54. The molecule has 7 heavy (non-hydrogen) atoms. The number of hydrogen-bond acceptors (Lipinski definition) is 0. The third-order valence-electron chi connectivity index (χ3n) is 0.556. The molecule has 0 spiro atoms. The molecule has 0 bridgehead atoms. The molecule has 0 aliphatic heterocycles. The van der Waals surface area contributed by atoms with Crippen molar-refractivity contribution in [1.82, 2.24) is 0 Å². The minimum Gasteiger partial charge on any atom is -0.358 e. The van der Waals surface area contributed by atoms with Crippen LogP contribution in [0.2, 0.25) is 0 Å². The summed E-state index contributed by atoms with van der Waals surface area (Å²) in [7, 11) is 0. The molecule has 0 saturated carbocycles. The van der Waals surface area contributed by atoms with E-state index in [4.69, 9.17) is 0 Å². The number of rotatable bonds is 0. The summed E-state index contributed by atoms with van der Waals surface area (Å²) in [5.74, 6) is 0. The van der Waals surface area contributed by atoms with Crippen LogP contribution in [-0.4, -0.2) is 0 Å². The quantitative estimate of drug-likeness (QED) is 0.481. The van der Waals surface area contributed by atoms with Crippen LogP contribution in [0.3, 0.4) is 0 Å². The van der Waals surface area contributed by atoms with E-state index in [-0.39, 0.29) is 24.2 Å². The first-order valence-corrected chi connectivity index (χ1v) is 1.67. The molecule has 1 aromatic rings. The van der Waals surface area contributed by atoms with E-state index in [0.717, 1.165) is 0 Å². The predicted octanol–water partition coefficient (Wildman–Crippen LogP) is 1.85. The van der Waals surface area contributed by atoms with Gasteiger partial charge in [-0.3, -0.25) is 0 Å². The van der Waals surface area contributed by atoms with Crippen molar-refractivity contribution in [3.63, 3.8) is 0 Å². The Morgan fingerprint density at radius 1 is 1.00 bits per heavy atom. The molecular formula is C6H8Co. The van der Waals surface area contributed by atoms with Gasteiger partial charge in [0.05, 0.1) is 0 Å². The fourth-order valence-electron chi connectivity index (χ4n) is 0.321. The van der Waals surface area contributed by atoms with Crippen LogP contribution in [0.1, 0.15) is 0 Å². The maximum atomic E-state index is 2.00. The van der Waals surface area contributed by atoms with Gasteiger partial charge in [-0.2, -0.15) is 18.2 Å². The second-order valence-corrected chi connectivity index (χ2v) is 0.962. The van der Waals surface area contributed by atoms with E-state index in [1.807, 2.05) is 30.3 Å². The van der Waals surface area contributed by atoms with Gasteiger partial charge in [0.25, 0.3) is 0 Å². The summed E-state index contributed by atoms with van der Waals surface area (Å²) in [5.41, 5.74) is 0. The Morgan fingerprint density at radius 3 is 1.57 bits per heavy atom. The smallest absolute Gasteiger partial charge is 0.358 e. The van der Waals surface area contributed by atoms with E-state index < -0.39 is 0 Å². The monoisotopic (exact) mass is 139 g/mol. The summed E-state index contributed by atoms with van der Waals surface area (Å²) in [6.07, 6.45) is 0. The van der Waals surface area contributed by atoms with Crippen LogP contribution >= 0.6 is 0 Å². The van der Waals surface area contributed by atoms with Crippen molar-refractivity contribution in [2.45, 2.75) is 0 Å². The van der Waals surface area contributed by atoms with Crippen LogP contribution < -0.4 is 0 Å². The molecule has 1 radical (unpaired) electrons. The summed E-state index contributed by atoms with van der Waals surface area (Å²) in [4.78, 5) is 0. The first-order valence-electron chi connectivity index (χ1n) is 1.67. The van der Waals surface area contributed by atoms with E-state index >= 15 is 0 Å². The maximum absolute atomic E-state index is 2.00. The van der Waals surface area contributed by atoms with Gasteiger partial charge >= 0.3 is 16.8 Å².